The molecule has 1 aliphatic carbocycles. The Morgan fingerprint density at radius 1 is 1.27 bits per heavy atom. The molecule has 3 rings (SSSR count). The first-order chi connectivity index (χ1) is 10.6. The van der Waals surface area contributed by atoms with Crippen molar-refractivity contribution in [2.45, 2.75) is 18.9 Å². The third-order valence-corrected chi connectivity index (χ3v) is 3.79. The van der Waals surface area contributed by atoms with Crippen molar-refractivity contribution in [3.05, 3.63) is 63.6 Å². The maximum atomic E-state index is 13.8. The standard InChI is InChI=1S/C15H12ClF2N3O/c16-14-12(20-10-3-1-2-4-10)8-19-21(15(14)22)13-6-5-9(17)7-11(13)18/h1-2,5-8,10,20H,3-4H2. The van der Waals surface area contributed by atoms with Crippen molar-refractivity contribution >= 4 is 17.3 Å². The van der Waals surface area contributed by atoms with Gasteiger partial charge in [0.15, 0.2) is 5.82 Å². The van der Waals surface area contributed by atoms with Crippen LogP contribution in [0.15, 0.2) is 41.3 Å². The molecule has 4 nitrogen and oxygen atoms in total. The molecule has 1 aromatic heterocycles. The lowest BCUT2D eigenvalue weighted by Gasteiger charge is -2.15. The zero-order valence-electron chi connectivity index (χ0n) is 11.4. The normalized spacial score (nSPS) is 14.5. The molecule has 0 spiro atoms. The fourth-order valence-corrected chi connectivity index (χ4v) is 2.50. The minimum atomic E-state index is -0.883. The van der Waals surface area contributed by atoms with E-state index < -0.39 is 17.2 Å². The van der Waals surface area contributed by atoms with Crippen LogP contribution in [0.25, 0.3) is 5.69 Å². The van der Waals surface area contributed by atoms with Crippen LogP contribution in [0.2, 0.25) is 5.02 Å². The van der Waals surface area contributed by atoms with E-state index in [0.717, 1.165) is 29.7 Å². The summed E-state index contributed by atoms with van der Waals surface area (Å²) in [5.74, 6) is -1.61. The number of benzene rings is 1. The Morgan fingerprint density at radius 2 is 2.00 bits per heavy atom. The van der Waals surface area contributed by atoms with Crippen LogP contribution in [0.3, 0.4) is 0 Å². The Kier molecular flexibility index (Phi) is 3.94. The molecular formula is C15H12ClF2N3O. The molecule has 0 saturated heterocycles. The molecule has 1 aliphatic rings. The summed E-state index contributed by atoms with van der Waals surface area (Å²) in [6, 6.07) is 3.05. The maximum Gasteiger partial charge on any atom is 0.292 e. The molecule has 0 aliphatic heterocycles. The van der Waals surface area contributed by atoms with E-state index in [1.807, 2.05) is 12.2 Å². The van der Waals surface area contributed by atoms with Gasteiger partial charge in [-0.25, -0.2) is 8.78 Å². The highest BCUT2D eigenvalue weighted by Gasteiger charge is 2.17. The van der Waals surface area contributed by atoms with Crippen LogP contribution in [-0.2, 0) is 0 Å². The van der Waals surface area contributed by atoms with Crippen molar-refractivity contribution in [1.82, 2.24) is 9.78 Å². The molecule has 7 heteroatoms. The van der Waals surface area contributed by atoms with E-state index in [1.165, 1.54) is 6.20 Å². The molecule has 0 amide bonds. The molecule has 0 atom stereocenters. The molecule has 1 aromatic carbocycles. The highest BCUT2D eigenvalue weighted by atomic mass is 35.5. The van der Waals surface area contributed by atoms with Gasteiger partial charge in [0.05, 0.1) is 11.9 Å². The van der Waals surface area contributed by atoms with Gasteiger partial charge in [0.1, 0.15) is 16.5 Å². The van der Waals surface area contributed by atoms with E-state index in [4.69, 9.17) is 11.6 Å². The van der Waals surface area contributed by atoms with Gasteiger partial charge >= 0.3 is 0 Å². The summed E-state index contributed by atoms with van der Waals surface area (Å²) >= 11 is 6.06. The predicted octanol–water partition coefficient (Wildman–Crippen LogP) is 3.29. The highest BCUT2D eigenvalue weighted by molar-refractivity contribution is 6.33. The van der Waals surface area contributed by atoms with Gasteiger partial charge in [0.25, 0.3) is 5.56 Å². The maximum absolute atomic E-state index is 13.8. The third kappa shape index (κ3) is 2.74. The summed E-state index contributed by atoms with van der Waals surface area (Å²) < 4.78 is 27.5. The van der Waals surface area contributed by atoms with Crippen LogP contribution in [-0.4, -0.2) is 15.8 Å². The van der Waals surface area contributed by atoms with Crippen LogP contribution in [0.4, 0.5) is 14.5 Å². The summed E-state index contributed by atoms with van der Waals surface area (Å²) in [4.78, 5) is 12.3. The van der Waals surface area contributed by atoms with E-state index in [-0.39, 0.29) is 16.8 Å². The van der Waals surface area contributed by atoms with E-state index in [9.17, 15) is 13.6 Å². The lowest BCUT2D eigenvalue weighted by atomic mass is 10.2. The molecule has 0 unspecified atom stereocenters. The first-order valence-corrected chi connectivity index (χ1v) is 7.09. The lowest BCUT2D eigenvalue weighted by Crippen LogP contribution is -2.25. The monoisotopic (exact) mass is 323 g/mol. The summed E-state index contributed by atoms with van der Waals surface area (Å²) in [5, 5.41) is 6.97. The van der Waals surface area contributed by atoms with Crippen molar-refractivity contribution < 1.29 is 8.78 Å². The molecule has 1 heterocycles. The highest BCUT2D eigenvalue weighted by Crippen LogP contribution is 2.22. The van der Waals surface area contributed by atoms with Crippen LogP contribution >= 0.6 is 11.6 Å². The van der Waals surface area contributed by atoms with Crippen molar-refractivity contribution in [2.75, 3.05) is 5.32 Å². The van der Waals surface area contributed by atoms with Gasteiger partial charge in [-0.2, -0.15) is 9.78 Å². The van der Waals surface area contributed by atoms with E-state index in [2.05, 4.69) is 10.4 Å². The first-order valence-electron chi connectivity index (χ1n) is 6.71. The largest absolute Gasteiger partial charge is 0.379 e. The molecule has 1 N–H and O–H groups in total. The topological polar surface area (TPSA) is 46.9 Å². The van der Waals surface area contributed by atoms with E-state index >= 15 is 0 Å². The molecular weight excluding hydrogens is 312 g/mol. The molecule has 0 bridgehead atoms. The number of rotatable bonds is 3. The van der Waals surface area contributed by atoms with Crippen LogP contribution in [0.5, 0.6) is 0 Å². The second kappa shape index (κ2) is 5.88. The molecule has 114 valence electrons. The van der Waals surface area contributed by atoms with Crippen molar-refractivity contribution in [3.8, 4) is 5.69 Å². The van der Waals surface area contributed by atoms with Crippen LogP contribution in [0.1, 0.15) is 12.8 Å². The Balaban J connectivity index is 1.97. The SMILES string of the molecule is O=c1c(Cl)c(NC2CC=CC2)cnn1-c1ccc(F)cc1F. The average Bonchev–Trinajstić information content (AvgIpc) is 2.98. The Labute approximate surface area is 130 Å². The first kappa shape index (κ1) is 14.7. The summed E-state index contributed by atoms with van der Waals surface area (Å²) in [6.07, 6.45) is 7.12. The third-order valence-electron chi connectivity index (χ3n) is 3.42. The number of nitrogens with zero attached hydrogens (tertiary/aromatic N) is 2. The van der Waals surface area contributed by atoms with Crippen LogP contribution < -0.4 is 10.9 Å². The lowest BCUT2D eigenvalue weighted by molar-refractivity contribution is 0.570. The molecule has 0 radical (unpaired) electrons. The molecule has 0 saturated carbocycles. The number of hydrogen-bond acceptors (Lipinski definition) is 3. The number of anilines is 1. The Bertz CT molecular complexity index is 796. The molecule has 2 aromatic rings. The quantitative estimate of drug-likeness (QED) is 0.882. The number of hydrogen-bond donors (Lipinski definition) is 1. The fourth-order valence-electron chi connectivity index (χ4n) is 2.31. The Morgan fingerprint density at radius 3 is 2.68 bits per heavy atom. The number of aromatic nitrogens is 2. The van der Waals surface area contributed by atoms with Crippen molar-refractivity contribution in [1.29, 1.82) is 0 Å². The number of halogens is 3. The van der Waals surface area contributed by atoms with Gasteiger partial charge in [-0.3, -0.25) is 4.79 Å². The van der Waals surface area contributed by atoms with Gasteiger partial charge in [0.2, 0.25) is 0 Å². The van der Waals surface area contributed by atoms with Crippen LogP contribution in [0, 0.1) is 11.6 Å². The number of nitrogens with one attached hydrogen (secondary N) is 1. The minimum absolute atomic E-state index is 0.0781. The second-order valence-corrected chi connectivity index (χ2v) is 5.35. The summed E-state index contributed by atoms with van der Waals surface area (Å²) in [6.45, 7) is 0. The predicted molar refractivity (Wildman–Crippen MR) is 80.5 cm³/mol. The smallest absolute Gasteiger partial charge is 0.292 e. The van der Waals surface area contributed by atoms with Gasteiger partial charge in [-0.15, -0.1) is 0 Å². The molecule has 0 fully saturated rings. The Hall–Kier alpha value is -2.21. The van der Waals surface area contributed by atoms with Crippen molar-refractivity contribution in [3.63, 3.8) is 0 Å². The van der Waals surface area contributed by atoms with Gasteiger partial charge in [-0.05, 0) is 25.0 Å². The van der Waals surface area contributed by atoms with Gasteiger partial charge in [0, 0.05) is 12.1 Å². The average molecular weight is 324 g/mol. The fraction of sp³-hybridized carbons (Fsp3) is 0.200. The second-order valence-electron chi connectivity index (χ2n) is 4.97. The molecule has 22 heavy (non-hydrogen) atoms. The van der Waals surface area contributed by atoms with Gasteiger partial charge < -0.3 is 5.32 Å². The zero-order chi connectivity index (χ0) is 15.7. The van der Waals surface area contributed by atoms with E-state index in [0.29, 0.717) is 11.8 Å². The van der Waals surface area contributed by atoms with Crippen molar-refractivity contribution in [2.24, 2.45) is 0 Å². The van der Waals surface area contributed by atoms with E-state index in [1.54, 1.807) is 0 Å². The van der Waals surface area contributed by atoms with Gasteiger partial charge in [-0.1, -0.05) is 23.8 Å². The zero-order valence-corrected chi connectivity index (χ0v) is 12.1. The summed E-state index contributed by atoms with van der Waals surface area (Å²) in [5.41, 5.74) is -0.412. The minimum Gasteiger partial charge on any atom is -0.379 e. The summed E-state index contributed by atoms with van der Waals surface area (Å²) in [7, 11) is 0.